The highest BCUT2D eigenvalue weighted by Crippen LogP contribution is 2.25. The molecule has 1 aliphatic rings. The highest BCUT2D eigenvalue weighted by molar-refractivity contribution is 5.79. The van der Waals surface area contributed by atoms with Crippen LogP contribution in [0, 0.1) is 5.92 Å². The van der Waals surface area contributed by atoms with Gasteiger partial charge in [0.05, 0.1) is 19.1 Å². The molecule has 2 aromatic rings. The summed E-state index contributed by atoms with van der Waals surface area (Å²) in [6.45, 7) is 6.68. The zero-order valence-electron chi connectivity index (χ0n) is 17.4. The van der Waals surface area contributed by atoms with E-state index in [0.717, 1.165) is 37.1 Å². The van der Waals surface area contributed by atoms with Crippen molar-refractivity contribution in [2.45, 2.75) is 39.2 Å². The van der Waals surface area contributed by atoms with E-state index in [9.17, 15) is 4.79 Å². The Hall–Kier alpha value is -2.61. The number of nitrogens with one attached hydrogen (secondary N) is 1. The molecule has 0 saturated carbocycles. The Balaban J connectivity index is 1.52. The van der Waals surface area contributed by atoms with Gasteiger partial charge in [-0.1, -0.05) is 5.16 Å². The van der Waals surface area contributed by atoms with E-state index in [1.165, 1.54) is 0 Å². The first-order chi connectivity index (χ1) is 14.1. The van der Waals surface area contributed by atoms with Gasteiger partial charge in [0.1, 0.15) is 5.75 Å². The number of amides is 1. The predicted molar refractivity (Wildman–Crippen MR) is 110 cm³/mol. The van der Waals surface area contributed by atoms with Gasteiger partial charge in [-0.15, -0.1) is 0 Å². The van der Waals surface area contributed by atoms with E-state index in [1.807, 2.05) is 43.0 Å². The summed E-state index contributed by atoms with van der Waals surface area (Å²) in [7, 11) is 1.63. The van der Waals surface area contributed by atoms with Gasteiger partial charge in [-0.05, 0) is 57.4 Å². The predicted octanol–water partition coefficient (Wildman–Crippen LogP) is 2.89. The summed E-state index contributed by atoms with van der Waals surface area (Å²) in [5.41, 5.74) is 0.857. The third-order valence-electron chi connectivity index (χ3n) is 4.90. The van der Waals surface area contributed by atoms with Crippen LogP contribution in [-0.4, -0.2) is 55.5 Å². The van der Waals surface area contributed by atoms with E-state index < -0.39 is 0 Å². The minimum absolute atomic E-state index is 0.0777. The van der Waals surface area contributed by atoms with Crippen LogP contribution in [0.5, 0.6) is 5.75 Å². The number of hydrogen-bond donors (Lipinski definition) is 1. The summed E-state index contributed by atoms with van der Waals surface area (Å²) >= 11 is 0. The first-order valence-corrected chi connectivity index (χ1v) is 10.2. The molecule has 8 nitrogen and oxygen atoms in total. The monoisotopic (exact) mass is 402 g/mol. The second-order valence-corrected chi connectivity index (χ2v) is 7.48. The third kappa shape index (κ3) is 5.93. The molecule has 0 spiro atoms. The molecule has 0 aliphatic carbocycles. The quantitative estimate of drug-likeness (QED) is 0.645. The molecular weight excluding hydrogens is 372 g/mol. The van der Waals surface area contributed by atoms with Crippen LogP contribution in [0.15, 0.2) is 28.8 Å². The molecule has 158 valence electrons. The minimum Gasteiger partial charge on any atom is -0.497 e. The Morgan fingerprint density at radius 2 is 2.14 bits per heavy atom. The van der Waals surface area contributed by atoms with Crippen molar-refractivity contribution in [3.8, 4) is 17.1 Å². The van der Waals surface area contributed by atoms with Gasteiger partial charge in [0, 0.05) is 31.8 Å². The van der Waals surface area contributed by atoms with Gasteiger partial charge in [0.2, 0.25) is 11.7 Å². The van der Waals surface area contributed by atoms with Crippen molar-refractivity contribution < 1.29 is 18.8 Å². The first-order valence-electron chi connectivity index (χ1n) is 10.2. The molecule has 3 rings (SSSR count). The topological polar surface area (TPSA) is 89.7 Å². The number of aromatic nitrogens is 2. The minimum atomic E-state index is -0.0777. The average molecular weight is 402 g/mol. The smallest absolute Gasteiger partial charge is 0.324 e. The fourth-order valence-corrected chi connectivity index (χ4v) is 3.31. The van der Waals surface area contributed by atoms with Crippen molar-refractivity contribution in [2.75, 3.05) is 38.3 Å². The molecule has 1 amide bonds. The fraction of sp³-hybridized carbons (Fsp3) is 0.571. The molecule has 29 heavy (non-hydrogen) atoms. The molecule has 1 fully saturated rings. The van der Waals surface area contributed by atoms with Crippen LogP contribution >= 0.6 is 0 Å². The zero-order valence-corrected chi connectivity index (χ0v) is 17.4. The lowest BCUT2D eigenvalue weighted by Crippen LogP contribution is -2.43. The van der Waals surface area contributed by atoms with Crippen LogP contribution < -0.4 is 15.0 Å². The van der Waals surface area contributed by atoms with Crippen molar-refractivity contribution in [3.63, 3.8) is 0 Å². The van der Waals surface area contributed by atoms with Crippen LogP contribution in [0.2, 0.25) is 0 Å². The van der Waals surface area contributed by atoms with Crippen LogP contribution in [0.25, 0.3) is 11.4 Å². The lowest BCUT2D eigenvalue weighted by Gasteiger charge is -2.30. The number of nitrogens with zero attached hydrogens (tertiary/aromatic N) is 3. The number of carbonyl (C=O) groups excluding carboxylic acids is 1. The van der Waals surface area contributed by atoms with Gasteiger partial charge in [-0.25, -0.2) is 0 Å². The molecule has 1 aliphatic heterocycles. The maximum absolute atomic E-state index is 12.5. The Kier molecular flexibility index (Phi) is 7.46. The van der Waals surface area contributed by atoms with Gasteiger partial charge in [-0.3, -0.25) is 4.79 Å². The molecule has 2 heterocycles. The van der Waals surface area contributed by atoms with Crippen molar-refractivity contribution in [1.29, 1.82) is 0 Å². The molecule has 1 unspecified atom stereocenters. The fourth-order valence-electron chi connectivity index (χ4n) is 3.31. The van der Waals surface area contributed by atoms with E-state index in [1.54, 1.807) is 7.11 Å². The highest BCUT2D eigenvalue weighted by atomic mass is 16.5. The summed E-state index contributed by atoms with van der Waals surface area (Å²) in [4.78, 5) is 19.0. The summed E-state index contributed by atoms with van der Waals surface area (Å²) in [5.74, 6) is 1.30. The third-order valence-corrected chi connectivity index (χ3v) is 4.90. The highest BCUT2D eigenvalue weighted by Gasteiger charge is 2.28. The molecule has 1 aromatic carbocycles. The summed E-state index contributed by atoms with van der Waals surface area (Å²) in [6, 6.07) is 7.96. The van der Waals surface area contributed by atoms with E-state index in [2.05, 4.69) is 15.5 Å². The first kappa shape index (κ1) is 21.1. The Labute approximate surface area is 171 Å². The molecule has 1 saturated heterocycles. The molecule has 0 bridgehead atoms. The lowest BCUT2D eigenvalue weighted by atomic mass is 9.97. The zero-order chi connectivity index (χ0) is 20.6. The van der Waals surface area contributed by atoms with Gasteiger partial charge in [0.25, 0.3) is 0 Å². The number of anilines is 1. The number of hydrogen-bond acceptors (Lipinski definition) is 7. The molecular formula is C21H30N4O4. The number of methoxy groups -OCH3 is 1. The standard InChI is InChI=1S/C21H30N4O4/c1-15(2)28-13-5-11-22-20(26)17-6-4-12-25(14-17)21-23-19(24-29-21)16-7-9-18(27-3)10-8-16/h7-10,15,17H,4-6,11-14H2,1-3H3,(H,22,26). The van der Waals surface area contributed by atoms with Gasteiger partial charge in [-0.2, -0.15) is 4.98 Å². The molecule has 8 heteroatoms. The number of benzene rings is 1. The number of ether oxygens (including phenoxy) is 2. The van der Waals surface area contributed by atoms with E-state index in [4.69, 9.17) is 14.0 Å². The van der Waals surface area contributed by atoms with E-state index in [0.29, 0.717) is 31.5 Å². The van der Waals surface area contributed by atoms with Crippen molar-refractivity contribution in [1.82, 2.24) is 15.5 Å². The van der Waals surface area contributed by atoms with Gasteiger partial charge < -0.3 is 24.2 Å². The van der Waals surface area contributed by atoms with E-state index in [-0.39, 0.29) is 17.9 Å². The Bertz CT molecular complexity index is 775. The van der Waals surface area contributed by atoms with E-state index >= 15 is 0 Å². The largest absolute Gasteiger partial charge is 0.497 e. The molecule has 1 N–H and O–H groups in total. The van der Waals surface area contributed by atoms with Crippen LogP contribution in [0.3, 0.4) is 0 Å². The Morgan fingerprint density at radius 1 is 1.34 bits per heavy atom. The molecule has 1 aromatic heterocycles. The number of piperidine rings is 1. The second-order valence-electron chi connectivity index (χ2n) is 7.48. The maximum Gasteiger partial charge on any atom is 0.324 e. The second kappa shape index (κ2) is 10.2. The van der Waals surface area contributed by atoms with Gasteiger partial charge >= 0.3 is 6.01 Å². The number of rotatable bonds is 9. The van der Waals surface area contributed by atoms with Crippen molar-refractivity contribution >= 4 is 11.9 Å². The molecule has 0 radical (unpaired) electrons. The van der Waals surface area contributed by atoms with Crippen LogP contribution in [0.4, 0.5) is 6.01 Å². The number of carbonyl (C=O) groups is 1. The summed E-state index contributed by atoms with van der Waals surface area (Å²) in [6.07, 6.45) is 2.81. The molecule has 1 atom stereocenters. The van der Waals surface area contributed by atoms with Gasteiger partial charge in [0.15, 0.2) is 0 Å². The SMILES string of the molecule is COc1ccc(-c2noc(N3CCCC(C(=O)NCCCOC(C)C)C3)n2)cc1. The van der Waals surface area contributed by atoms with Crippen LogP contribution in [-0.2, 0) is 9.53 Å². The lowest BCUT2D eigenvalue weighted by molar-refractivity contribution is -0.125. The average Bonchev–Trinajstić information content (AvgIpc) is 3.23. The summed E-state index contributed by atoms with van der Waals surface area (Å²) in [5, 5.41) is 7.10. The normalized spacial score (nSPS) is 16.8. The summed E-state index contributed by atoms with van der Waals surface area (Å²) < 4.78 is 16.1. The van der Waals surface area contributed by atoms with Crippen molar-refractivity contribution in [2.24, 2.45) is 5.92 Å². The Morgan fingerprint density at radius 3 is 2.86 bits per heavy atom. The maximum atomic E-state index is 12.5. The van der Waals surface area contributed by atoms with Crippen molar-refractivity contribution in [3.05, 3.63) is 24.3 Å². The van der Waals surface area contributed by atoms with Crippen LogP contribution in [0.1, 0.15) is 33.1 Å².